The first kappa shape index (κ1) is 28.4. The quantitative estimate of drug-likeness (QED) is 0.411. The third kappa shape index (κ3) is 5.84. The van der Waals surface area contributed by atoms with Crippen LogP contribution in [0.5, 0.6) is 11.5 Å². The fourth-order valence-corrected chi connectivity index (χ4v) is 7.77. The Labute approximate surface area is 237 Å². The third-order valence-corrected chi connectivity index (χ3v) is 10.2. The van der Waals surface area contributed by atoms with Gasteiger partial charge in [-0.2, -0.15) is 5.26 Å². The summed E-state index contributed by atoms with van der Waals surface area (Å²) in [6.07, 6.45) is 9.41. The van der Waals surface area contributed by atoms with Gasteiger partial charge in [-0.25, -0.2) is 0 Å². The predicted octanol–water partition coefficient (Wildman–Crippen LogP) is 4.65. The molecule has 216 valence electrons. The summed E-state index contributed by atoms with van der Waals surface area (Å²) >= 11 is 0. The van der Waals surface area contributed by atoms with Crippen LogP contribution in [-0.4, -0.2) is 44.4 Å². The first-order valence-electron chi connectivity index (χ1n) is 15.0. The number of amides is 2. The van der Waals surface area contributed by atoms with E-state index in [4.69, 9.17) is 9.47 Å². The Balaban J connectivity index is 1.24. The number of rotatable bonds is 10. The van der Waals surface area contributed by atoms with Crippen molar-refractivity contribution in [1.82, 2.24) is 10.6 Å². The Kier molecular flexibility index (Phi) is 8.39. The molecule has 40 heavy (non-hydrogen) atoms. The highest BCUT2D eigenvalue weighted by molar-refractivity contribution is 5.97. The molecular weight excluding hydrogens is 506 g/mol. The van der Waals surface area contributed by atoms with Gasteiger partial charge in [0.15, 0.2) is 0 Å². The minimum Gasteiger partial charge on any atom is -0.496 e. The van der Waals surface area contributed by atoms with E-state index in [9.17, 15) is 19.6 Å². The van der Waals surface area contributed by atoms with Gasteiger partial charge in [0.25, 0.3) is 5.91 Å². The van der Waals surface area contributed by atoms with Crippen LogP contribution >= 0.6 is 0 Å². The van der Waals surface area contributed by atoms with Crippen LogP contribution in [0.15, 0.2) is 12.1 Å². The summed E-state index contributed by atoms with van der Waals surface area (Å²) in [5, 5.41) is 16.1. The van der Waals surface area contributed by atoms with Crippen LogP contribution < -0.4 is 20.1 Å². The maximum atomic E-state index is 13.5. The van der Waals surface area contributed by atoms with Crippen LogP contribution in [0.4, 0.5) is 0 Å². The average molecular weight is 550 g/mol. The number of hydrogen-bond donors (Lipinski definition) is 2. The lowest BCUT2D eigenvalue weighted by Gasteiger charge is -2.34. The monoisotopic (exact) mass is 549 g/mol. The summed E-state index contributed by atoms with van der Waals surface area (Å²) in [7, 11) is 1.48. The lowest BCUT2D eigenvalue weighted by Crippen LogP contribution is -2.45. The highest BCUT2D eigenvalue weighted by Crippen LogP contribution is 2.52. The van der Waals surface area contributed by atoms with E-state index in [0.29, 0.717) is 59.8 Å². The van der Waals surface area contributed by atoms with Gasteiger partial charge < -0.3 is 24.9 Å². The van der Waals surface area contributed by atoms with Crippen LogP contribution in [-0.2, 0) is 9.59 Å². The molecule has 0 saturated heterocycles. The Morgan fingerprint density at radius 3 is 2.42 bits per heavy atom. The van der Waals surface area contributed by atoms with Crippen LogP contribution in [0.25, 0.3) is 0 Å². The van der Waals surface area contributed by atoms with Crippen molar-refractivity contribution in [3.8, 4) is 17.6 Å². The minimum atomic E-state index is -0.326. The summed E-state index contributed by atoms with van der Waals surface area (Å²) in [6, 6.07) is 5.32. The molecule has 0 unspecified atom stereocenters. The van der Waals surface area contributed by atoms with Crippen LogP contribution in [0.1, 0.15) is 87.6 Å². The number of nitriles is 1. The molecule has 0 aromatic heterocycles. The number of aldehydes is 1. The molecule has 1 aromatic rings. The van der Waals surface area contributed by atoms with Crippen molar-refractivity contribution in [3.63, 3.8) is 0 Å². The Morgan fingerprint density at radius 1 is 1.05 bits per heavy atom. The normalized spacial score (nSPS) is 34.3. The lowest BCUT2D eigenvalue weighted by atomic mass is 9.75. The van der Waals surface area contributed by atoms with Crippen LogP contribution in [0, 0.1) is 52.3 Å². The standard InChI is InChI=1S/C32H43N3O5/c1-19-10-20(11-19)16-34-31(38)29-22-5-4-21(12-22)26(29)17-35-30(37)25-14-27(23(15-33)13-28(25)39-3)40-24-6-8-32(2,18-36)9-7-24/h13-14,18-22,24,26,29H,4-12,16-17H2,1-3H3,(H,34,38)(H,35,37)/t19?,20?,21-,22+,24?,26+,29-,32?/m0/s1. The first-order chi connectivity index (χ1) is 19.2. The van der Waals surface area contributed by atoms with Crippen molar-refractivity contribution >= 4 is 18.1 Å². The van der Waals surface area contributed by atoms with Crippen molar-refractivity contribution in [2.45, 2.75) is 77.7 Å². The molecule has 4 fully saturated rings. The van der Waals surface area contributed by atoms with Crippen molar-refractivity contribution in [3.05, 3.63) is 23.3 Å². The highest BCUT2D eigenvalue weighted by Gasteiger charge is 2.50. The molecule has 0 aliphatic heterocycles. The largest absolute Gasteiger partial charge is 0.496 e. The van der Waals surface area contributed by atoms with Crippen molar-refractivity contribution in [2.24, 2.45) is 40.9 Å². The van der Waals surface area contributed by atoms with E-state index in [1.165, 1.54) is 20.0 Å². The molecule has 2 N–H and O–H groups in total. The number of carbonyl (C=O) groups excluding carboxylic acids is 3. The lowest BCUT2D eigenvalue weighted by molar-refractivity contribution is -0.128. The van der Waals surface area contributed by atoms with Crippen molar-refractivity contribution in [2.75, 3.05) is 20.2 Å². The number of nitrogens with zero attached hydrogens (tertiary/aromatic N) is 1. The van der Waals surface area contributed by atoms with Crippen LogP contribution in [0.3, 0.4) is 0 Å². The first-order valence-corrected chi connectivity index (χ1v) is 15.0. The molecule has 1 aromatic carbocycles. The van der Waals surface area contributed by atoms with Crippen molar-refractivity contribution < 1.29 is 23.9 Å². The van der Waals surface area contributed by atoms with Crippen LogP contribution in [0.2, 0.25) is 0 Å². The molecule has 4 aliphatic carbocycles. The molecule has 5 rings (SSSR count). The SMILES string of the molecule is COc1cc(C#N)c(OC2CCC(C)(C=O)CC2)cc1C(=O)NC[C@@H]1[C@H]2CC[C@H](C2)[C@@H]1C(=O)NCC1CC(C)C1. The Bertz CT molecular complexity index is 1160. The van der Waals surface area contributed by atoms with E-state index in [1.807, 2.05) is 6.92 Å². The molecule has 0 radical (unpaired) electrons. The molecule has 2 amide bonds. The average Bonchev–Trinajstić information content (AvgIpc) is 3.56. The number of hydrogen-bond acceptors (Lipinski definition) is 6. The fraction of sp³-hybridized carbons (Fsp3) is 0.688. The molecule has 4 aliphatic rings. The number of carbonyl (C=O) groups is 3. The third-order valence-electron chi connectivity index (χ3n) is 10.2. The predicted molar refractivity (Wildman–Crippen MR) is 150 cm³/mol. The summed E-state index contributed by atoms with van der Waals surface area (Å²) in [5.41, 5.74) is 0.295. The van der Waals surface area contributed by atoms with E-state index in [-0.39, 0.29) is 35.2 Å². The summed E-state index contributed by atoms with van der Waals surface area (Å²) in [4.78, 5) is 38.1. The van der Waals surface area contributed by atoms with E-state index in [2.05, 4.69) is 23.6 Å². The van der Waals surface area contributed by atoms with E-state index in [1.54, 1.807) is 12.1 Å². The molecular formula is C32H43N3O5. The fourth-order valence-electron chi connectivity index (χ4n) is 7.77. The van der Waals surface area contributed by atoms with Gasteiger partial charge in [-0.05, 0) is 93.4 Å². The zero-order valence-electron chi connectivity index (χ0n) is 24.0. The van der Waals surface area contributed by atoms with Gasteiger partial charge in [0.2, 0.25) is 5.91 Å². The number of methoxy groups -OCH3 is 1. The van der Waals surface area contributed by atoms with Gasteiger partial charge in [-0.15, -0.1) is 0 Å². The number of benzene rings is 1. The Hall–Kier alpha value is -3.08. The van der Waals surface area contributed by atoms with E-state index >= 15 is 0 Å². The highest BCUT2D eigenvalue weighted by atomic mass is 16.5. The second-order valence-corrected chi connectivity index (χ2v) is 13.2. The van der Waals surface area contributed by atoms with E-state index < -0.39 is 0 Å². The molecule has 0 heterocycles. The van der Waals surface area contributed by atoms with Gasteiger partial charge in [-0.3, -0.25) is 9.59 Å². The molecule has 8 nitrogen and oxygen atoms in total. The second kappa shape index (κ2) is 11.8. The maximum Gasteiger partial charge on any atom is 0.255 e. The van der Waals surface area contributed by atoms with Gasteiger partial charge in [0, 0.05) is 30.5 Å². The summed E-state index contributed by atoms with van der Waals surface area (Å²) in [6.45, 7) is 5.42. The Morgan fingerprint density at radius 2 is 1.77 bits per heavy atom. The zero-order valence-corrected chi connectivity index (χ0v) is 24.0. The van der Waals surface area contributed by atoms with Gasteiger partial charge >= 0.3 is 0 Å². The summed E-state index contributed by atoms with van der Waals surface area (Å²) < 4.78 is 11.7. The molecule has 8 heteroatoms. The van der Waals surface area contributed by atoms with E-state index in [0.717, 1.165) is 50.9 Å². The number of fused-ring (bicyclic) bond motifs is 2. The van der Waals surface area contributed by atoms with Gasteiger partial charge in [0.05, 0.1) is 24.3 Å². The van der Waals surface area contributed by atoms with Gasteiger partial charge in [-0.1, -0.05) is 13.8 Å². The number of ether oxygens (including phenoxy) is 2. The molecule has 4 atom stereocenters. The minimum absolute atomic E-state index is 0.0540. The molecule has 2 bridgehead atoms. The second-order valence-electron chi connectivity index (χ2n) is 13.2. The molecule has 4 saturated carbocycles. The smallest absolute Gasteiger partial charge is 0.255 e. The van der Waals surface area contributed by atoms with Crippen molar-refractivity contribution in [1.29, 1.82) is 5.26 Å². The topological polar surface area (TPSA) is 118 Å². The zero-order chi connectivity index (χ0) is 28.4. The number of nitrogens with one attached hydrogen (secondary N) is 2. The maximum absolute atomic E-state index is 13.5. The summed E-state index contributed by atoms with van der Waals surface area (Å²) in [5.74, 6) is 2.80. The van der Waals surface area contributed by atoms with Gasteiger partial charge in [0.1, 0.15) is 23.9 Å². The molecule has 0 spiro atoms.